The highest BCUT2D eigenvalue weighted by Crippen LogP contribution is 2.54. The number of fused-ring (bicyclic) bond motifs is 3. The van der Waals surface area contributed by atoms with Gasteiger partial charge in [-0.1, -0.05) is 6.07 Å². The van der Waals surface area contributed by atoms with E-state index in [1.54, 1.807) is 0 Å². The fourth-order valence-electron chi connectivity index (χ4n) is 6.30. The number of rotatable bonds is 1. The van der Waals surface area contributed by atoms with Crippen molar-refractivity contribution in [1.29, 1.82) is 0 Å². The molecule has 5 rings (SSSR count). The summed E-state index contributed by atoms with van der Waals surface area (Å²) in [5.74, 6) is -3.72. The largest absolute Gasteiger partial charge is 0.507 e. The minimum Gasteiger partial charge on any atom is -0.507 e. The Morgan fingerprint density at radius 2 is 1.69 bits per heavy atom. The molecular weight excluding hydrogens is 476 g/mol. The molecule has 4 aliphatic rings. The van der Waals surface area contributed by atoms with E-state index in [9.17, 15) is 50.1 Å². The molecule has 0 spiro atoms. The molecule has 1 aliphatic heterocycles. The van der Waals surface area contributed by atoms with Gasteiger partial charge in [-0.15, -0.1) is 0 Å². The molecule has 36 heavy (non-hydrogen) atoms. The van der Waals surface area contributed by atoms with Crippen LogP contribution in [0.5, 0.6) is 5.75 Å². The first-order valence-electron chi connectivity index (χ1n) is 11.7. The second-order valence-electron chi connectivity index (χ2n) is 10.7. The van der Waals surface area contributed by atoms with Crippen LogP contribution >= 0.6 is 0 Å². The Morgan fingerprint density at radius 3 is 2.33 bits per heavy atom. The first kappa shape index (κ1) is 25.2. The smallest absolute Gasteiger partial charge is 0.196 e. The monoisotopic (exact) mass is 504 g/mol. The van der Waals surface area contributed by atoms with E-state index < -0.39 is 106 Å². The number of carbonyl (C=O) groups is 3. The summed E-state index contributed by atoms with van der Waals surface area (Å²) in [6.45, 7) is 2.81. The lowest BCUT2D eigenvalue weighted by Crippen LogP contribution is -2.72. The number of carbonyl (C=O) groups excluding carboxylic acids is 3. The SMILES string of the molecule is C[C@H]1OC(c2ccc3c(c2O)C(=O)C2=C(C3=O)[C@@]3(O)C(=O)C[C@](C)(O)C[C@@]3(O)C[C@H]2O)C[C@@H](O)[C@@H]1O. The van der Waals surface area contributed by atoms with Crippen LogP contribution in [-0.2, 0) is 9.53 Å². The normalized spacial score (nSPS) is 42.7. The molecule has 0 aromatic heterocycles. The molecular formula is C25H28O11. The van der Waals surface area contributed by atoms with E-state index in [0.29, 0.717) is 0 Å². The van der Waals surface area contributed by atoms with Gasteiger partial charge in [0.05, 0.1) is 41.2 Å². The average Bonchev–Trinajstić information content (AvgIpc) is 2.76. The van der Waals surface area contributed by atoms with Crippen LogP contribution in [0.1, 0.15) is 71.9 Å². The van der Waals surface area contributed by atoms with Crippen molar-refractivity contribution in [3.05, 3.63) is 40.0 Å². The molecule has 1 saturated carbocycles. The number of phenols is 1. The van der Waals surface area contributed by atoms with Crippen molar-refractivity contribution >= 4 is 17.3 Å². The maximum absolute atomic E-state index is 13.6. The number of Topliss-reactive ketones (excluding diaryl/α,β-unsaturated/α-hetero) is 3. The number of benzene rings is 1. The molecule has 2 fully saturated rings. The minimum absolute atomic E-state index is 0.0713. The molecule has 0 bridgehead atoms. The van der Waals surface area contributed by atoms with Crippen molar-refractivity contribution in [3.8, 4) is 5.75 Å². The van der Waals surface area contributed by atoms with Gasteiger partial charge in [0.2, 0.25) is 0 Å². The van der Waals surface area contributed by atoms with E-state index in [-0.39, 0.29) is 17.5 Å². The van der Waals surface area contributed by atoms with Crippen LogP contribution in [0.25, 0.3) is 0 Å². The zero-order valence-electron chi connectivity index (χ0n) is 19.6. The molecule has 1 heterocycles. The molecule has 1 aromatic rings. The highest BCUT2D eigenvalue weighted by atomic mass is 16.5. The predicted molar refractivity (Wildman–Crippen MR) is 119 cm³/mol. The average molecular weight is 504 g/mol. The summed E-state index contributed by atoms with van der Waals surface area (Å²) >= 11 is 0. The number of ketones is 3. The van der Waals surface area contributed by atoms with Gasteiger partial charge in [0, 0.05) is 42.4 Å². The molecule has 194 valence electrons. The fraction of sp³-hybridized carbons (Fsp3) is 0.560. The Morgan fingerprint density at radius 1 is 1.03 bits per heavy atom. The molecule has 1 saturated heterocycles. The van der Waals surface area contributed by atoms with E-state index >= 15 is 0 Å². The fourth-order valence-corrected chi connectivity index (χ4v) is 6.30. The molecule has 1 aromatic carbocycles. The Labute approximate surface area is 205 Å². The molecule has 3 aliphatic carbocycles. The summed E-state index contributed by atoms with van der Waals surface area (Å²) in [6.07, 6.45) is -7.73. The van der Waals surface area contributed by atoms with Gasteiger partial charge in [-0.3, -0.25) is 14.4 Å². The zero-order chi connectivity index (χ0) is 26.5. The number of aliphatic hydroxyl groups is 6. The third kappa shape index (κ3) is 3.21. The van der Waals surface area contributed by atoms with Crippen molar-refractivity contribution < 1.29 is 54.9 Å². The third-order valence-electron chi connectivity index (χ3n) is 8.00. The van der Waals surface area contributed by atoms with Gasteiger partial charge < -0.3 is 40.5 Å². The number of aliphatic hydroxyl groups excluding tert-OH is 3. The van der Waals surface area contributed by atoms with Crippen LogP contribution < -0.4 is 0 Å². The Balaban J connectivity index is 1.64. The Hall–Kier alpha value is -2.51. The van der Waals surface area contributed by atoms with Gasteiger partial charge >= 0.3 is 0 Å². The lowest BCUT2D eigenvalue weighted by Gasteiger charge is -2.54. The summed E-state index contributed by atoms with van der Waals surface area (Å²) in [6, 6.07) is 2.50. The summed E-state index contributed by atoms with van der Waals surface area (Å²) in [4.78, 5) is 40.3. The quantitative estimate of drug-likeness (QED) is 0.247. The molecule has 0 radical (unpaired) electrons. The van der Waals surface area contributed by atoms with Crippen molar-refractivity contribution in [2.24, 2.45) is 0 Å². The predicted octanol–water partition coefficient (Wildman–Crippen LogP) is -1.02. The van der Waals surface area contributed by atoms with Crippen molar-refractivity contribution in [1.82, 2.24) is 0 Å². The van der Waals surface area contributed by atoms with E-state index in [2.05, 4.69) is 0 Å². The summed E-state index contributed by atoms with van der Waals surface area (Å²) in [7, 11) is 0. The molecule has 1 unspecified atom stereocenters. The second kappa shape index (κ2) is 7.75. The van der Waals surface area contributed by atoms with E-state index in [1.807, 2.05) is 0 Å². The van der Waals surface area contributed by atoms with Crippen LogP contribution in [0.15, 0.2) is 23.3 Å². The van der Waals surface area contributed by atoms with Gasteiger partial charge in [-0.05, 0) is 19.9 Å². The van der Waals surface area contributed by atoms with E-state index in [4.69, 9.17) is 4.74 Å². The topological polar surface area (TPSA) is 202 Å². The standard InChI is InChI=1S/C25H28O11/c1-9-19(29)12(26)5-14(36-9)10-3-4-11-16(20(10)30)22(32)17-13(27)6-24(34)8-23(2,33)7-15(28)25(24,35)18(17)21(11)31/h3-4,9,12-14,19,26-27,29-30,33-35H,5-8H2,1-2H3/t9-,12-,13-,14?,19-,23+,24+,25+/m1/s1. The third-order valence-corrected chi connectivity index (χ3v) is 8.00. The number of ether oxygens (including phenoxy) is 1. The minimum atomic E-state index is -2.84. The van der Waals surface area contributed by atoms with E-state index in [0.717, 1.165) is 0 Å². The molecule has 0 amide bonds. The maximum atomic E-state index is 13.6. The maximum Gasteiger partial charge on any atom is 0.196 e. The van der Waals surface area contributed by atoms with Crippen LogP contribution in [0.4, 0.5) is 0 Å². The molecule has 11 heteroatoms. The lowest BCUT2D eigenvalue weighted by atomic mass is 9.54. The van der Waals surface area contributed by atoms with Crippen molar-refractivity contribution in [2.45, 2.75) is 86.9 Å². The van der Waals surface area contributed by atoms with Gasteiger partial charge in [-0.25, -0.2) is 0 Å². The summed E-state index contributed by atoms with van der Waals surface area (Å²) < 4.78 is 5.68. The highest BCUT2D eigenvalue weighted by Gasteiger charge is 2.69. The van der Waals surface area contributed by atoms with Gasteiger partial charge in [-0.2, -0.15) is 0 Å². The number of hydrogen-bond acceptors (Lipinski definition) is 11. The Kier molecular flexibility index (Phi) is 5.41. The summed E-state index contributed by atoms with van der Waals surface area (Å²) in [5, 5.41) is 75.2. The highest BCUT2D eigenvalue weighted by molar-refractivity contribution is 6.31. The first-order chi connectivity index (χ1) is 16.6. The van der Waals surface area contributed by atoms with Crippen LogP contribution in [0, 0.1) is 0 Å². The molecule has 7 N–H and O–H groups in total. The van der Waals surface area contributed by atoms with Crippen molar-refractivity contribution in [2.75, 3.05) is 0 Å². The molecule has 8 atom stereocenters. The Bertz CT molecular complexity index is 1220. The summed E-state index contributed by atoms with van der Waals surface area (Å²) in [5.41, 5.74) is -9.06. The number of aromatic hydroxyl groups is 1. The number of hydrogen-bond donors (Lipinski definition) is 7. The van der Waals surface area contributed by atoms with Crippen molar-refractivity contribution in [3.63, 3.8) is 0 Å². The van der Waals surface area contributed by atoms with Gasteiger partial charge in [0.1, 0.15) is 17.5 Å². The van der Waals surface area contributed by atoms with Crippen LogP contribution in [-0.4, -0.2) is 94.3 Å². The second-order valence-corrected chi connectivity index (χ2v) is 10.7. The van der Waals surface area contributed by atoms with Crippen LogP contribution in [0.3, 0.4) is 0 Å². The number of phenolic OH excluding ortho intramolecular Hbond substituents is 1. The molecule has 11 nitrogen and oxygen atoms in total. The van der Waals surface area contributed by atoms with Crippen LogP contribution in [0.2, 0.25) is 0 Å². The first-order valence-corrected chi connectivity index (χ1v) is 11.7. The lowest BCUT2D eigenvalue weighted by molar-refractivity contribution is -0.207. The zero-order valence-corrected chi connectivity index (χ0v) is 19.6. The van der Waals surface area contributed by atoms with Gasteiger partial charge in [0.25, 0.3) is 0 Å². The van der Waals surface area contributed by atoms with E-state index in [1.165, 1.54) is 26.0 Å². The van der Waals surface area contributed by atoms with Gasteiger partial charge in [0.15, 0.2) is 23.0 Å².